The number of nitrogens with two attached hydrogens (primary N) is 1. The van der Waals surface area contributed by atoms with E-state index in [4.69, 9.17) is 10.7 Å². The van der Waals surface area contributed by atoms with E-state index >= 15 is 0 Å². The molecule has 2 aromatic carbocycles. The number of aliphatic hydroxyl groups is 1. The summed E-state index contributed by atoms with van der Waals surface area (Å²) in [5.41, 5.74) is 10.8. The van der Waals surface area contributed by atoms with Crippen LogP contribution in [0.25, 0.3) is 33.8 Å². The van der Waals surface area contributed by atoms with Crippen LogP contribution in [0.1, 0.15) is 28.8 Å². The highest BCUT2D eigenvalue weighted by Crippen LogP contribution is 2.27. The van der Waals surface area contributed by atoms with E-state index in [1.165, 1.54) is 17.7 Å². The average Bonchev–Trinajstić information content (AvgIpc) is 3.31. The van der Waals surface area contributed by atoms with Gasteiger partial charge in [-0.05, 0) is 61.6 Å². The van der Waals surface area contributed by atoms with E-state index in [0.717, 1.165) is 44.5 Å². The first-order valence-corrected chi connectivity index (χ1v) is 11.8. The van der Waals surface area contributed by atoms with Crippen LogP contribution < -0.4 is 5.73 Å². The number of nitrogen functional groups attached to an aromatic ring is 1. The number of aromatic amines is 1. The Labute approximate surface area is 202 Å². The molecule has 0 bridgehead atoms. The summed E-state index contributed by atoms with van der Waals surface area (Å²) in [6.45, 7) is 3.24. The van der Waals surface area contributed by atoms with Gasteiger partial charge in [0.15, 0.2) is 11.6 Å². The van der Waals surface area contributed by atoms with E-state index in [9.17, 15) is 15.0 Å². The van der Waals surface area contributed by atoms with Gasteiger partial charge in [0.2, 0.25) is 0 Å². The van der Waals surface area contributed by atoms with Gasteiger partial charge < -0.3 is 25.8 Å². The molecule has 3 heterocycles. The molecule has 0 amide bonds. The van der Waals surface area contributed by atoms with Crippen molar-refractivity contribution in [1.82, 2.24) is 24.8 Å². The van der Waals surface area contributed by atoms with Crippen LogP contribution in [0.15, 0.2) is 48.7 Å². The number of hydrogen-bond acceptors (Lipinski definition) is 7. The molecule has 1 aliphatic rings. The highest BCUT2D eigenvalue weighted by molar-refractivity contribution is 5.93. The van der Waals surface area contributed by atoms with E-state index in [-0.39, 0.29) is 18.0 Å². The van der Waals surface area contributed by atoms with Gasteiger partial charge in [-0.2, -0.15) is 0 Å². The summed E-state index contributed by atoms with van der Waals surface area (Å²) in [5, 5.41) is 18.7. The molecule has 1 saturated heterocycles. The number of nitrogens with one attached hydrogen (secondary N) is 1. The minimum Gasteiger partial charge on any atom is -0.478 e. The van der Waals surface area contributed by atoms with Crippen LogP contribution in [-0.4, -0.2) is 67.3 Å². The van der Waals surface area contributed by atoms with Gasteiger partial charge in [-0.15, -0.1) is 0 Å². The fraction of sp³-hybridized carbons (Fsp3) is 0.308. The molecule has 0 spiro atoms. The van der Waals surface area contributed by atoms with Gasteiger partial charge in [0.25, 0.3) is 0 Å². The van der Waals surface area contributed by atoms with Gasteiger partial charge in [-0.3, -0.25) is 0 Å². The number of aliphatic hydroxyl groups excluding tert-OH is 1. The van der Waals surface area contributed by atoms with Crippen molar-refractivity contribution in [2.45, 2.75) is 19.3 Å². The maximum Gasteiger partial charge on any atom is 0.335 e. The van der Waals surface area contributed by atoms with Crippen molar-refractivity contribution in [1.29, 1.82) is 0 Å². The molecule has 0 aliphatic carbocycles. The lowest BCUT2D eigenvalue weighted by atomic mass is 9.98. The first-order valence-electron chi connectivity index (χ1n) is 11.8. The van der Waals surface area contributed by atoms with Gasteiger partial charge >= 0.3 is 5.97 Å². The fourth-order valence-electron chi connectivity index (χ4n) is 4.64. The molecular formula is C26H28N6O3. The smallest absolute Gasteiger partial charge is 0.335 e. The number of carbonyl (C=O) groups is 1. The zero-order chi connectivity index (χ0) is 24.4. The molecule has 5 rings (SSSR count). The predicted octanol–water partition coefficient (Wildman–Crippen LogP) is 3.21. The van der Waals surface area contributed by atoms with Crippen molar-refractivity contribution >= 4 is 22.8 Å². The first-order chi connectivity index (χ1) is 17.0. The van der Waals surface area contributed by atoms with Gasteiger partial charge in [0.1, 0.15) is 5.69 Å². The molecule has 1 atom stereocenters. The van der Waals surface area contributed by atoms with Crippen molar-refractivity contribution in [3.05, 3.63) is 59.8 Å². The second-order valence-corrected chi connectivity index (χ2v) is 9.05. The summed E-state index contributed by atoms with van der Waals surface area (Å²) in [6.07, 6.45) is 4.80. The van der Waals surface area contributed by atoms with Gasteiger partial charge in [0.05, 0.1) is 28.5 Å². The minimum absolute atomic E-state index is 0.164. The number of carboxylic acid groups (broad SMARTS) is 1. The van der Waals surface area contributed by atoms with E-state index in [0.29, 0.717) is 34.2 Å². The van der Waals surface area contributed by atoms with Gasteiger partial charge in [-0.25, -0.2) is 19.7 Å². The molecule has 0 radical (unpaired) electrons. The molecule has 180 valence electrons. The number of hydrogen-bond donors (Lipinski definition) is 4. The number of nitrogens with zero attached hydrogens (tertiary/aromatic N) is 4. The third kappa shape index (κ3) is 5.01. The van der Waals surface area contributed by atoms with Gasteiger partial charge in [0, 0.05) is 25.3 Å². The number of imidazole rings is 1. The fourth-order valence-corrected chi connectivity index (χ4v) is 4.64. The summed E-state index contributed by atoms with van der Waals surface area (Å²) in [6, 6.07) is 13.0. The first kappa shape index (κ1) is 22.9. The third-order valence-electron chi connectivity index (χ3n) is 6.56. The molecule has 9 heteroatoms. The lowest BCUT2D eigenvalue weighted by Gasteiger charge is -2.31. The number of likely N-dealkylation sites (tertiary alicyclic amines) is 1. The topological polar surface area (TPSA) is 141 Å². The van der Waals surface area contributed by atoms with Crippen LogP contribution in [0.5, 0.6) is 0 Å². The lowest BCUT2D eigenvalue weighted by Crippen LogP contribution is -2.37. The molecule has 1 aliphatic heterocycles. The number of benzene rings is 2. The maximum absolute atomic E-state index is 11.3. The number of piperidine rings is 1. The van der Waals surface area contributed by atoms with Crippen molar-refractivity contribution < 1.29 is 15.0 Å². The van der Waals surface area contributed by atoms with Crippen LogP contribution in [0.4, 0.5) is 5.82 Å². The highest BCUT2D eigenvalue weighted by atomic mass is 16.4. The molecule has 0 saturated carbocycles. The zero-order valence-corrected chi connectivity index (χ0v) is 19.3. The van der Waals surface area contributed by atoms with Crippen LogP contribution in [-0.2, 0) is 6.42 Å². The number of aromatic nitrogens is 4. The molecule has 2 aromatic heterocycles. The number of anilines is 1. The normalized spacial score (nSPS) is 16.5. The molecule has 1 unspecified atom stereocenters. The van der Waals surface area contributed by atoms with Crippen molar-refractivity contribution in [2.24, 2.45) is 5.92 Å². The molecular weight excluding hydrogens is 444 g/mol. The Morgan fingerprint density at radius 2 is 2.09 bits per heavy atom. The largest absolute Gasteiger partial charge is 0.478 e. The number of H-pyrrole nitrogens is 1. The Morgan fingerprint density at radius 3 is 2.91 bits per heavy atom. The SMILES string of the molecule is Nc1ncc(-c2cccc(CCN3CCCC(CO)C3)c2)nc1-c1nc2cc(C(=O)O)ccc2[nH]1. The maximum atomic E-state index is 11.3. The number of aromatic carboxylic acids is 1. The second-order valence-electron chi connectivity index (χ2n) is 9.05. The van der Waals surface area contributed by atoms with Crippen LogP contribution >= 0.6 is 0 Å². The molecule has 35 heavy (non-hydrogen) atoms. The monoisotopic (exact) mass is 472 g/mol. The number of carboxylic acids is 1. The molecule has 5 N–H and O–H groups in total. The number of fused-ring (bicyclic) bond motifs is 1. The van der Waals surface area contributed by atoms with Gasteiger partial charge in [-0.1, -0.05) is 18.2 Å². The Kier molecular flexibility index (Phi) is 6.43. The number of rotatable bonds is 7. The van der Waals surface area contributed by atoms with Crippen LogP contribution in [0.3, 0.4) is 0 Å². The Bertz CT molecular complexity index is 1370. The van der Waals surface area contributed by atoms with Crippen molar-refractivity contribution in [2.75, 3.05) is 32.0 Å². The third-order valence-corrected chi connectivity index (χ3v) is 6.56. The predicted molar refractivity (Wildman–Crippen MR) is 134 cm³/mol. The lowest BCUT2D eigenvalue weighted by molar-refractivity contribution is 0.0697. The zero-order valence-electron chi connectivity index (χ0n) is 19.3. The molecule has 9 nitrogen and oxygen atoms in total. The summed E-state index contributed by atoms with van der Waals surface area (Å²) < 4.78 is 0. The Morgan fingerprint density at radius 1 is 1.20 bits per heavy atom. The van der Waals surface area contributed by atoms with Crippen LogP contribution in [0.2, 0.25) is 0 Å². The van der Waals surface area contributed by atoms with Crippen molar-refractivity contribution in [3.63, 3.8) is 0 Å². The van der Waals surface area contributed by atoms with Crippen LogP contribution in [0, 0.1) is 5.92 Å². The Hall–Kier alpha value is -3.82. The summed E-state index contributed by atoms with van der Waals surface area (Å²) in [7, 11) is 0. The van der Waals surface area contributed by atoms with E-state index in [1.54, 1.807) is 12.3 Å². The van der Waals surface area contributed by atoms with E-state index in [1.807, 2.05) is 12.1 Å². The highest BCUT2D eigenvalue weighted by Gasteiger charge is 2.19. The van der Waals surface area contributed by atoms with E-state index < -0.39 is 5.97 Å². The Balaban J connectivity index is 1.38. The quantitative estimate of drug-likeness (QED) is 0.321. The second kappa shape index (κ2) is 9.81. The average molecular weight is 473 g/mol. The van der Waals surface area contributed by atoms with Crippen molar-refractivity contribution in [3.8, 4) is 22.8 Å². The standard InChI is InChI=1S/C26H28N6O3/c27-24-23(25-30-20-7-6-19(26(34)35)12-21(20)31-25)29-22(13-28-24)18-5-1-3-16(11-18)8-10-32-9-2-4-17(14-32)15-33/h1,3,5-7,11-13,17,33H,2,4,8-10,14-15H2,(H2,27,28)(H,30,31)(H,34,35). The molecule has 4 aromatic rings. The minimum atomic E-state index is -1.01. The van der Waals surface area contributed by atoms with E-state index in [2.05, 4.69) is 32.0 Å². The summed E-state index contributed by atoms with van der Waals surface area (Å²) >= 11 is 0. The summed E-state index contributed by atoms with van der Waals surface area (Å²) in [5.74, 6) is 0.0543. The summed E-state index contributed by atoms with van der Waals surface area (Å²) in [4.78, 5) is 30.5. The molecule has 1 fully saturated rings.